The van der Waals surface area contributed by atoms with Crippen molar-refractivity contribution in [1.29, 1.82) is 0 Å². The maximum Gasteiger partial charge on any atom is 0.326 e. The lowest BCUT2D eigenvalue weighted by molar-refractivity contribution is -0.145. The predicted octanol–water partition coefficient (Wildman–Crippen LogP) is 1.65. The summed E-state index contributed by atoms with van der Waals surface area (Å²) in [6.45, 7) is 4.61. The van der Waals surface area contributed by atoms with Gasteiger partial charge in [0.25, 0.3) is 0 Å². The molecule has 0 aromatic carbocycles. The van der Waals surface area contributed by atoms with Crippen molar-refractivity contribution >= 4 is 12.0 Å². The Kier molecular flexibility index (Phi) is 5.45. The summed E-state index contributed by atoms with van der Waals surface area (Å²) in [6, 6.07) is -0.784. The summed E-state index contributed by atoms with van der Waals surface area (Å²) in [5, 5.41) is 9.41. The Morgan fingerprint density at radius 1 is 1.19 bits per heavy atom. The number of carbonyl (C=O) groups is 2. The van der Waals surface area contributed by atoms with Gasteiger partial charge in [0.05, 0.1) is 0 Å². The highest BCUT2D eigenvalue weighted by Gasteiger charge is 2.39. The molecular weight excluding hydrogens is 272 g/mol. The van der Waals surface area contributed by atoms with Crippen LogP contribution < -0.4 is 0 Å². The first-order chi connectivity index (χ1) is 10.0. The monoisotopic (exact) mass is 298 g/mol. The van der Waals surface area contributed by atoms with Crippen LogP contribution in [0.2, 0.25) is 0 Å². The quantitative estimate of drug-likeness (QED) is 0.860. The molecule has 0 radical (unpaired) electrons. The number of likely N-dealkylation sites (tertiary alicyclic amines) is 2. The van der Waals surface area contributed by atoms with E-state index in [1.54, 1.807) is 16.9 Å². The van der Waals surface area contributed by atoms with Gasteiger partial charge in [-0.1, -0.05) is 6.92 Å². The molecule has 0 aliphatic carbocycles. The van der Waals surface area contributed by atoms with Gasteiger partial charge in [0.2, 0.25) is 0 Å². The fourth-order valence-electron chi connectivity index (χ4n) is 3.49. The molecule has 2 rings (SSSR count). The number of ether oxygens (including phenoxy) is 1. The van der Waals surface area contributed by atoms with Gasteiger partial charge in [0.15, 0.2) is 0 Å². The van der Waals surface area contributed by atoms with Gasteiger partial charge >= 0.3 is 12.0 Å². The average molecular weight is 298 g/mol. The molecule has 2 unspecified atom stereocenters. The zero-order chi connectivity index (χ0) is 15.4. The molecule has 2 amide bonds. The van der Waals surface area contributed by atoms with E-state index in [0.717, 1.165) is 32.3 Å². The SMILES string of the molecule is COCC1CCN(C(=O)N2CCCC(C)C2C(=O)O)CC1. The van der Waals surface area contributed by atoms with Gasteiger partial charge in [-0.25, -0.2) is 9.59 Å². The van der Waals surface area contributed by atoms with Crippen molar-refractivity contribution in [1.82, 2.24) is 9.80 Å². The molecule has 1 N–H and O–H groups in total. The van der Waals surface area contributed by atoms with Crippen molar-refractivity contribution in [3.8, 4) is 0 Å². The van der Waals surface area contributed by atoms with Crippen molar-refractivity contribution in [2.45, 2.75) is 38.6 Å². The minimum atomic E-state index is -0.884. The molecule has 0 bridgehead atoms. The van der Waals surface area contributed by atoms with Gasteiger partial charge in [0.1, 0.15) is 6.04 Å². The van der Waals surface area contributed by atoms with Crippen molar-refractivity contribution < 1.29 is 19.4 Å². The Morgan fingerprint density at radius 3 is 2.43 bits per heavy atom. The highest BCUT2D eigenvalue weighted by Crippen LogP contribution is 2.26. The summed E-state index contributed by atoms with van der Waals surface area (Å²) >= 11 is 0. The predicted molar refractivity (Wildman–Crippen MR) is 78.1 cm³/mol. The van der Waals surface area contributed by atoms with Gasteiger partial charge in [-0.05, 0) is 37.5 Å². The topological polar surface area (TPSA) is 70.1 Å². The number of carbonyl (C=O) groups excluding carboxylic acids is 1. The minimum absolute atomic E-state index is 0.0197. The first kappa shape index (κ1) is 16.1. The van der Waals surface area contributed by atoms with E-state index in [4.69, 9.17) is 4.74 Å². The largest absolute Gasteiger partial charge is 0.480 e. The third-order valence-electron chi connectivity index (χ3n) is 4.72. The average Bonchev–Trinajstić information content (AvgIpc) is 2.47. The summed E-state index contributed by atoms with van der Waals surface area (Å²) in [7, 11) is 1.70. The molecule has 120 valence electrons. The van der Waals surface area contributed by atoms with E-state index >= 15 is 0 Å². The molecule has 2 saturated heterocycles. The van der Waals surface area contributed by atoms with Crippen LogP contribution >= 0.6 is 0 Å². The number of aliphatic carboxylic acids is 1. The fraction of sp³-hybridized carbons (Fsp3) is 0.867. The van der Waals surface area contributed by atoms with Crippen LogP contribution in [0.3, 0.4) is 0 Å². The summed E-state index contributed by atoms with van der Waals surface area (Å²) in [5.74, 6) is -0.356. The minimum Gasteiger partial charge on any atom is -0.480 e. The van der Waals surface area contributed by atoms with Crippen molar-refractivity contribution in [3.05, 3.63) is 0 Å². The first-order valence-electron chi connectivity index (χ1n) is 7.82. The van der Waals surface area contributed by atoms with E-state index in [2.05, 4.69) is 0 Å². The second-order valence-electron chi connectivity index (χ2n) is 6.26. The van der Waals surface area contributed by atoms with E-state index in [1.165, 1.54) is 0 Å². The Morgan fingerprint density at radius 2 is 1.86 bits per heavy atom. The lowest BCUT2D eigenvalue weighted by Gasteiger charge is -2.41. The highest BCUT2D eigenvalue weighted by molar-refractivity contribution is 5.83. The number of methoxy groups -OCH3 is 1. The van der Waals surface area contributed by atoms with Crippen LogP contribution in [0.25, 0.3) is 0 Å². The summed E-state index contributed by atoms with van der Waals surface area (Å²) in [5.41, 5.74) is 0. The molecule has 2 atom stereocenters. The maximum absolute atomic E-state index is 12.6. The Labute approximate surface area is 126 Å². The number of hydrogen-bond acceptors (Lipinski definition) is 3. The first-order valence-corrected chi connectivity index (χ1v) is 7.82. The number of amides is 2. The molecule has 2 aliphatic heterocycles. The number of hydrogen-bond donors (Lipinski definition) is 1. The van der Waals surface area contributed by atoms with E-state index in [-0.39, 0.29) is 11.9 Å². The third kappa shape index (κ3) is 3.67. The molecule has 2 fully saturated rings. The van der Waals surface area contributed by atoms with Gasteiger partial charge in [-0.2, -0.15) is 0 Å². The lowest BCUT2D eigenvalue weighted by Crippen LogP contribution is -2.57. The molecule has 2 heterocycles. The van der Waals surface area contributed by atoms with Crippen LogP contribution in [0.4, 0.5) is 4.79 Å². The van der Waals surface area contributed by atoms with Crippen LogP contribution in [-0.2, 0) is 9.53 Å². The summed E-state index contributed by atoms with van der Waals surface area (Å²) < 4.78 is 5.16. The normalized spacial score (nSPS) is 27.7. The Hall–Kier alpha value is -1.30. The molecule has 6 heteroatoms. The van der Waals surface area contributed by atoms with Gasteiger partial charge < -0.3 is 19.6 Å². The maximum atomic E-state index is 12.6. The number of urea groups is 1. The number of carboxylic acids is 1. The Balaban J connectivity index is 1.97. The number of carboxylic acid groups (broad SMARTS) is 1. The van der Waals surface area contributed by atoms with Crippen LogP contribution in [0.15, 0.2) is 0 Å². The van der Waals surface area contributed by atoms with Crippen molar-refractivity contribution in [3.63, 3.8) is 0 Å². The molecule has 0 aromatic heterocycles. The highest BCUT2D eigenvalue weighted by atomic mass is 16.5. The molecule has 0 aromatic rings. The van der Waals surface area contributed by atoms with Crippen LogP contribution in [-0.4, -0.2) is 66.3 Å². The van der Waals surface area contributed by atoms with Crippen molar-refractivity contribution in [2.75, 3.05) is 33.4 Å². The third-order valence-corrected chi connectivity index (χ3v) is 4.72. The van der Waals surface area contributed by atoms with Crippen LogP contribution in [0, 0.1) is 11.8 Å². The summed E-state index contributed by atoms with van der Waals surface area (Å²) in [4.78, 5) is 27.5. The second kappa shape index (κ2) is 7.11. The van der Waals surface area contributed by atoms with E-state index in [0.29, 0.717) is 25.6 Å². The lowest BCUT2D eigenvalue weighted by atomic mass is 9.91. The molecule has 0 spiro atoms. The van der Waals surface area contributed by atoms with E-state index in [1.807, 2.05) is 6.92 Å². The summed E-state index contributed by atoms with van der Waals surface area (Å²) in [6.07, 6.45) is 3.62. The molecule has 21 heavy (non-hydrogen) atoms. The van der Waals surface area contributed by atoms with Gasteiger partial charge in [-0.15, -0.1) is 0 Å². The number of nitrogens with zero attached hydrogens (tertiary/aromatic N) is 2. The molecular formula is C15H26N2O4. The van der Waals surface area contributed by atoms with Crippen molar-refractivity contribution in [2.24, 2.45) is 11.8 Å². The second-order valence-corrected chi connectivity index (χ2v) is 6.26. The van der Waals surface area contributed by atoms with Crippen LogP contribution in [0.5, 0.6) is 0 Å². The van der Waals surface area contributed by atoms with Gasteiger partial charge in [-0.3, -0.25) is 0 Å². The van der Waals surface area contributed by atoms with Crippen LogP contribution in [0.1, 0.15) is 32.6 Å². The molecule has 2 aliphatic rings. The standard InChI is InChI=1S/C15H26N2O4/c1-11-4-3-7-17(13(11)14(18)19)15(20)16-8-5-12(6-9-16)10-21-2/h11-13H,3-10H2,1-2H3,(H,18,19). The Bertz CT molecular complexity index is 380. The number of rotatable bonds is 3. The smallest absolute Gasteiger partial charge is 0.326 e. The number of piperidine rings is 2. The fourth-order valence-corrected chi connectivity index (χ4v) is 3.49. The molecule has 0 saturated carbocycles. The zero-order valence-corrected chi connectivity index (χ0v) is 13.0. The van der Waals surface area contributed by atoms with E-state index < -0.39 is 12.0 Å². The zero-order valence-electron chi connectivity index (χ0n) is 13.0. The van der Waals surface area contributed by atoms with E-state index in [9.17, 15) is 14.7 Å². The van der Waals surface area contributed by atoms with Gasteiger partial charge in [0, 0.05) is 33.4 Å². The molecule has 6 nitrogen and oxygen atoms in total.